The van der Waals surface area contributed by atoms with E-state index in [1.807, 2.05) is 0 Å². The number of nitrogens with one attached hydrogen (secondary N) is 1. The summed E-state index contributed by atoms with van der Waals surface area (Å²) in [4.78, 5) is 3.94. The van der Waals surface area contributed by atoms with Crippen LogP contribution in [-0.4, -0.2) is 12.0 Å². The molecule has 0 aliphatic rings. The van der Waals surface area contributed by atoms with Gasteiger partial charge >= 0.3 is 6.18 Å². The van der Waals surface area contributed by atoms with Crippen LogP contribution in [0.3, 0.4) is 0 Å². The van der Waals surface area contributed by atoms with Crippen molar-refractivity contribution in [2.45, 2.75) is 18.6 Å². The van der Waals surface area contributed by atoms with Crippen molar-refractivity contribution >= 4 is 0 Å². The van der Waals surface area contributed by atoms with Gasteiger partial charge in [-0.25, -0.2) is 4.39 Å². The number of rotatable bonds is 4. The van der Waals surface area contributed by atoms with Gasteiger partial charge in [0.15, 0.2) is 0 Å². The molecule has 2 rings (SSSR count). The van der Waals surface area contributed by atoms with Crippen LogP contribution in [0.1, 0.15) is 22.7 Å². The van der Waals surface area contributed by atoms with Gasteiger partial charge in [0, 0.05) is 24.0 Å². The van der Waals surface area contributed by atoms with Gasteiger partial charge in [0.2, 0.25) is 0 Å². The summed E-state index contributed by atoms with van der Waals surface area (Å²) in [7, 11) is 1.58. The molecule has 0 amide bonds. The molecule has 1 aromatic heterocycles. The van der Waals surface area contributed by atoms with E-state index < -0.39 is 23.6 Å². The first-order valence-electron chi connectivity index (χ1n) is 6.35. The van der Waals surface area contributed by atoms with E-state index in [0.29, 0.717) is 6.42 Å². The third kappa shape index (κ3) is 3.58. The first kappa shape index (κ1) is 15.4. The number of nitrogens with zero attached hydrogens (tertiary/aromatic N) is 1. The normalized spacial score (nSPS) is 13.2. The largest absolute Gasteiger partial charge is 0.419 e. The molecule has 1 aromatic carbocycles. The van der Waals surface area contributed by atoms with Gasteiger partial charge in [0.25, 0.3) is 0 Å². The van der Waals surface area contributed by atoms with E-state index in [2.05, 4.69) is 10.3 Å². The Morgan fingerprint density at radius 3 is 2.52 bits per heavy atom. The number of likely N-dealkylation sites (N-methyl/N-ethyl adjacent to an activating group) is 1. The van der Waals surface area contributed by atoms with Crippen LogP contribution in [0.2, 0.25) is 0 Å². The summed E-state index contributed by atoms with van der Waals surface area (Å²) in [5.74, 6) is -1.23. The van der Waals surface area contributed by atoms with E-state index in [1.54, 1.807) is 31.6 Å². The molecule has 0 aliphatic carbocycles. The lowest BCUT2D eigenvalue weighted by molar-refractivity contribution is -0.140. The van der Waals surface area contributed by atoms with E-state index in [-0.39, 0.29) is 5.56 Å². The highest BCUT2D eigenvalue weighted by Gasteiger charge is 2.35. The molecule has 0 aliphatic heterocycles. The Labute approximate surface area is 119 Å². The molecule has 0 bridgehead atoms. The maximum atomic E-state index is 14.1. The van der Waals surface area contributed by atoms with Gasteiger partial charge in [-0.05, 0) is 31.2 Å². The van der Waals surface area contributed by atoms with Crippen LogP contribution < -0.4 is 5.32 Å². The summed E-state index contributed by atoms with van der Waals surface area (Å²) >= 11 is 0. The van der Waals surface area contributed by atoms with Crippen LogP contribution in [-0.2, 0) is 12.6 Å². The minimum absolute atomic E-state index is 0.00354. The molecular weight excluding hydrogens is 284 g/mol. The van der Waals surface area contributed by atoms with Crippen molar-refractivity contribution in [2.24, 2.45) is 0 Å². The van der Waals surface area contributed by atoms with Crippen LogP contribution in [0, 0.1) is 5.82 Å². The number of aromatic nitrogens is 1. The molecule has 0 radical (unpaired) electrons. The molecular formula is C15H14F4N2. The smallest absolute Gasteiger partial charge is 0.313 e. The van der Waals surface area contributed by atoms with Gasteiger partial charge in [0.05, 0.1) is 5.56 Å². The Kier molecular flexibility index (Phi) is 4.57. The highest BCUT2D eigenvalue weighted by molar-refractivity contribution is 5.31. The number of alkyl halides is 3. The van der Waals surface area contributed by atoms with Gasteiger partial charge < -0.3 is 5.32 Å². The second-order valence-corrected chi connectivity index (χ2v) is 4.61. The first-order chi connectivity index (χ1) is 9.93. The van der Waals surface area contributed by atoms with Crippen molar-refractivity contribution in [1.82, 2.24) is 10.3 Å². The summed E-state index contributed by atoms with van der Waals surface area (Å²) in [5.41, 5.74) is -0.434. The molecule has 1 atom stereocenters. The number of hydrogen-bond acceptors (Lipinski definition) is 2. The monoisotopic (exact) mass is 298 g/mol. The summed E-state index contributed by atoms with van der Waals surface area (Å²) in [6.07, 6.45) is -1.14. The molecule has 1 unspecified atom stereocenters. The maximum Gasteiger partial charge on any atom is 0.419 e. The third-order valence-electron chi connectivity index (χ3n) is 3.22. The van der Waals surface area contributed by atoms with E-state index >= 15 is 0 Å². The lowest BCUT2D eigenvalue weighted by atomic mass is 9.97. The fourth-order valence-corrected chi connectivity index (χ4v) is 2.16. The van der Waals surface area contributed by atoms with Crippen LogP contribution in [0.25, 0.3) is 0 Å². The van der Waals surface area contributed by atoms with Gasteiger partial charge in [-0.15, -0.1) is 0 Å². The predicted molar refractivity (Wildman–Crippen MR) is 71.1 cm³/mol. The van der Waals surface area contributed by atoms with Crippen molar-refractivity contribution in [3.05, 3.63) is 65.2 Å². The van der Waals surface area contributed by atoms with Crippen molar-refractivity contribution < 1.29 is 17.6 Å². The molecule has 2 aromatic rings. The lowest BCUT2D eigenvalue weighted by Crippen LogP contribution is -2.22. The minimum atomic E-state index is -4.70. The molecule has 112 valence electrons. The Hall–Kier alpha value is -1.95. The molecule has 6 heteroatoms. The van der Waals surface area contributed by atoms with Crippen molar-refractivity contribution in [2.75, 3.05) is 7.05 Å². The molecule has 2 nitrogen and oxygen atoms in total. The zero-order valence-electron chi connectivity index (χ0n) is 11.3. The van der Waals surface area contributed by atoms with Gasteiger partial charge in [0.1, 0.15) is 5.82 Å². The van der Waals surface area contributed by atoms with E-state index in [9.17, 15) is 17.6 Å². The van der Waals surface area contributed by atoms with Crippen molar-refractivity contribution in [3.63, 3.8) is 0 Å². The van der Waals surface area contributed by atoms with E-state index in [4.69, 9.17) is 0 Å². The zero-order valence-corrected chi connectivity index (χ0v) is 11.3. The number of halogens is 4. The molecule has 21 heavy (non-hydrogen) atoms. The summed E-state index contributed by atoms with van der Waals surface area (Å²) < 4.78 is 52.4. The van der Waals surface area contributed by atoms with Crippen LogP contribution in [0.4, 0.5) is 17.6 Å². The highest BCUT2D eigenvalue weighted by Crippen LogP contribution is 2.34. The van der Waals surface area contributed by atoms with E-state index in [1.165, 1.54) is 12.1 Å². The SMILES string of the molecule is CNC(Cc1cccnc1)c1cccc(C(F)(F)F)c1F. The average Bonchev–Trinajstić information content (AvgIpc) is 2.45. The topological polar surface area (TPSA) is 24.9 Å². The molecule has 1 heterocycles. The minimum Gasteiger partial charge on any atom is -0.313 e. The quantitative estimate of drug-likeness (QED) is 0.870. The van der Waals surface area contributed by atoms with Gasteiger partial charge in [-0.1, -0.05) is 18.2 Å². The number of pyridine rings is 1. The zero-order chi connectivity index (χ0) is 15.5. The molecule has 0 saturated heterocycles. The lowest BCUT2D eigenvalue weighted by Gasteiger charge is -2.19. The first-order valence-corrected chi connectivity index (χ1v) is 6.35. The standard InChI is InChI=1S/C15H14F4N2/c1-20-13(8-10-4-3-7-21-9-10)11-5-2-6-12(14(11)16)15(17,18)19/h2-7,9,13,20H,8H2,1H3. The van der Waals surface area contributed by atoms with Gasteiger partial charge in [-0.3, -0.25) is 4.98 Å². The van der Waals surface area contributed by atoms with Crippen molar-refractivity contribution in [3.8, 4) is 0 Å². The van der Waals surface area contributed by atoms with E-state index in [0.717, 1.165) is 11.6 Å². The predicted octanol–water partition coefficient (Wildman–Crippen LogP) is 3.74. The number of hydrogen-bond donors (Lipinski definition) is 1. The van der Waals surface area contributed by atoms with Crippen LogP contribution in [0.15, 0.2) is 42.7 Å². The Morgan fingerprint density at radius 1 is 1.19 bits per heavy atom. The number of benzene rings is 1. The van der Waals surface area contributed by atoms with Crippen molar-refractivity contribution in [1.29, 1.82) is 0 Å². The Morgan fingerprint density at radius 2 is 1.95 bits per heavy atom. The fraction of sp³-hybridized carbons (Fsp3) is 0.267. The summed E-state index contributed by atoms with van der Waals surface area (Å²) in [6, 6.07) is 6.29. The van der Waals surface area contributed by atoms with Gasteiger partial charge in [-0.2, -0.15) is 13.2 Å². The Balaban J connectivity index is 2.35. The molecule has 1 N–H and O–H groups in total. The van der Waals surface area contributed by atoms with Crippen LogP contribution in [0.5, 0.6) is 0 Å². The molecule has 0 fully saturated rings. The molecule has 0 spiro atoms. The third-order valence-corrected chi connectivity index (χ3v) is 3.22. The fourth-order valence-electron chi connectivity index (χ4n) is 2.16. The van der Waals surface area contributed by atoms with Crippen LogP contribution >= 0.6 is 0 Å². The maximum absolute atomic E-state index is 14.1. The summed E-state index contributed by atoms with van der Waals surface area (Å²) in [5, 5.41) is 2.85. The second-order valence-electron chi connectivity index (χ2n) is 4.61. The second kappa shape index (κ2) is 6.22. The molecule has 0 saturated carbocycles. The summed E-state index contributed by atoms with van der Waals surface area (Å²) in [6.45, 7) is 0. The Bertz CT molecular complexity index is 596. The highest BCUT2D eigenvalue weighted by atomic mass is 19.4. The average molecular weight is 298 g/mol.